The molecule has 2 aromatic rings. The maximum Gasteiger partial charge on any atom is 0.416 e. The first kappa shape index (κ1) is 33.1. The van der Waals surface area contributed by atoms with E-state index < -0.39 is 23.0 Å². The summed E-state index contributed by atoms with van der Waals surface area (Å²) in [7, 11) is 0. The molecule has 0 saturated heterocycles. The zero-order valence-corrected chi connectivity index (χ0v) is 24.7. The third-order valence-electron chi connectivity index (χ3n) is 9.37. The normalized spacial score (nSPS) is 24.1. The van der Waals surface area contributed by atoms with E-state index in [1.54, 1.807) is 0 Å². The molecule has 2 aliphatic rings. The van der Waals surface area contributed by atoms with Crippen LogP contribution in [0.25, 0.3) is 0 Å². The van der Waals surface area contributed by atoms with E-state index >= 15 is 0 Å². The standard InChI is InChI=1S/C32H40F5NO.C2H6/c1-2-6-23(24-11-13-26(33)14-12-24)9-4-3-7-21-15-16-31(30(38)39)28(29(31)19-21)10-5-8-22-17-25(32(35,36)37)20-27(34)18-22;1-2/h11-14,17-18,20-21,23,28-29H,2-10,15-16,19H2,1H3,(H2,38,39);1-2H3. The van der Waals surface area contributed by atoms with Crippen molar-refractivity contribution >= 4 is 5.91 Å². The molecule has 2 saturated carbocycles. The molecule has 2 nitrogen and oxygen atoms in total. The number of halogens is 5. The summed E-state index contributed by atoms with van der Waals surface area (Å²) in [6.07, 6.45) is 6.43. The lowest BCUT2D eigenvalue weighted by Gasteiger charge is -2.26. The van der Waals surface area contributed by atoms with Crippen LogP contribution in [0.3, 0.4) is 0 Å². The van der Waals surface area contributed by atoms with Gasteiger partial charge in [0.1, 0.15) is 11.6 Å². The number of hydrogen-bond acceptors (Lipinski definition) is 1. The van der Waals surface area contributed by atoms with Gasteiger partial charge in [-0.1, -0.05) is 58.6 Å². The second-order valence-electron chi connectivity index (χ2n) is 11.8. The molecule has 0 radical (unpaired) electrons. The Morgan fingerprint density at radius 3 is 2.32 bits per heavy atom. The average Bonchev–Trinajstić information content (AvgIpc) is 3.59. The highest BCUT2D eigenvalue weighted by molar-refractivity contribution is 5.85. The molecular formula is C34H46F5NO. The van der Waals surface area contributed by atoms with Crippen LogP contribution in [-0.4, -0.2) is 5.91 Å². The molecule has 2 aromatic carbocycles. The fourth-order valence-corrected chi connectivity index (χ4v) is 7.35. The Morgan fingerprint density at radius 1 is 0.976 bits per heavy atom. The van der Waals surface area contributed by atoms with Crippen LogP contribution in [0.4, 0.5) is 22.0 Å². The van der Waals surface area contributed by atoms with Gasteiger partial charge in [0.25, 0.3) is 0 Å². The fourth-order valence-electron chi connectivity index (χ4n) is 7.35. The van der Waals surface area contributed by atoms with E-state index in [9.17, 15) is 26.7 Å². The molecule has 7 heteroatoms. The molecule has 41 heavy (non-hydrogen) atoms. The molecule has 0 spiro atoms. The van der Waals surface area contributed by atoms with Gasteiger partial charge in [0.2, 0.25) is 5.91 Å². The second-order valence-corrected chi connectivity index (χ2v) is 11.8. The van der Waals surface area contributed by atoms with Crippen molar-refractivity contribution < 1.29 is 26.7 Å². The number of primary amides is 1. The lowest BCUT2D eigenvalue weighted by atomic mass is 9.78. The van der Waals surface area contributed by atoms with Gasteiger partial charge in [-0.25, -0.2) is 8.78 Å². The van der Waals surface area contributed by atoms with E-state index in [0.717, 1.165) is 69.9 Å². The maximum absolute atomic E-state index is 13.7. The number of hydrogen-bond donors (Lipinski definition) is 1. The summed E-state index contributed by atoms with van der Waals surface area (Å²) in [5.41, 5.74) is 5.96. The molecule has 0 heterocycles. The number of nitrogens with two attached hydrogens (primary N) is 1. The van der Waals surface area contributed by atoms with Gasteiger partial charge in [0, 0.05) is 0 Å². The van der Waals surface area contributed by atoms with Crippen molar-refractivity contribution in [1.82, 2.24) is 0 Å². The number of unbranched alkanes of at least 4 members (excludes halogenated alkanes) is 1. The molecular weight excluding hydrogens is 533 g/mol. The molecule has 5 atom stereocenters. The van der Waals surface area contributed by atoms with Crippen LogP contribution in [-0.2, 0) is 17.4 Å². The molecule has 4 rings (SSSR count). The minimum atomic E-state index is -4.58. The molecule has 2 fully saturated rings. The minimum Gasteiger partial charge on any atom is -0.369 e. The Labute approximate surface area is 242 Å². The SMILES string of the molecule is CC.CCCC(CCCCC1CCC2(C(N)=O)C(CCCc3cc(F)cc(C(F)(F)F)c3)C2C1)c1ccc(F)cc1. The highest BCUT2D eigenvalue weighted by atomic mass is 19.4. The van der Waals surface area contributed by atoms with E-state index in [-0.39, 0.29) is 23.6 Å². The Bertz CT molecular complexity index is 1120. The van der Waals surface area contributed by atoms with Gasteiger partial charge in [0.05, 0.1) is 11.0 Å². The van der Waals surface area contributed by atoms with Gasteiger partial charge in [0.15, 0.2) is 0 Å². The number of amides is 1. The third kappa shape index (κ3) is 8.32. The summed E-state index contributed by atoms with van der Waals surface area (Å²) in [4.78, 5) is 12.4. The first-order chi connectivity index (χ1) is 19.5. The van der Waals surface area contributed by atoms with Crippen LogP contribution >= 0.6 is 0 Å². The Hall–Kier alpha value is -2.44. The van der Waals surface area contributed by atoms with E-state index in [0.29, 0.717) is 42.7 Å². The molecule has 228 valence electrons. The van der Waals surface area contributed by atoms with E-state index in [1.165, 1.54) is 17.7 Å². The Kier molecular flexibility index (Phi) is 11.8. The van der Waals surface area contributed by atoms with Crippen LogP contribution in [0.5, 0.6) is 0 Å². The van der Waals surface area contributed by atoms with Gasteiger partial charge < -0.3 is 5.73 Å². The predicted molar refractivity (Wildman–Crippen MR) is 154 cm³/mol. The molecule has 0 aromatic heterocycles. The monoisotopic (exact) mass is 579 g/mol. The van der Waals surface area contributed by atoms with Crippen LogP contribution in [0.15, 0.2) is 42.5 Å². The molecule has 0 bridgehead atoms. The highest BCUT2D eigenvalue weighted by Crippen LogP contribution is 2.69. The van der Waals surface area contributed by atoms with Crippen molar-refractivity contribution in [2.45, 2.75) is 110 Å². The lowest BCUT2D eigenvalue weighted by Crippen LogP contribution is -2.31. The number of alkyl halides is 3. The van der Waals surface area contributed by atoms with Crippen molar-refractivity contribution in [3.05, 3.63) is 70.8 Å². The van der Waals surface area contributed by atoms with Crippen molar-refractivity contribution in [2.75, 3.05) is 0 Å². The second kappa shape index (κ2) is 14.6. The number of carbonyl (C=O) groups is 1. The topological polar surface area (TPSA) is 43.1 Å². The Balaban J connectivity index is 0.00000226. The van der Waals surface area contributed by atoms with Crippen LogP contribution in [0.1, 0.15) is 114 Å². The van der Waals surface area contributed by atoms with Gasteiger partial charge in [-0.15, -0.1) is 0 Å². The smallest absolute Gasteiger partial charge is 0.369 e. The summed E-state index contributed by atoms with van der Waals surface area (Å²) in [5.74, 6) is 0.0873. The van der Waals surface area contributed by atoms with Crippen LogP contribution in [0.2, 0.25) is 0 Å². The molecule has 2 N–H and O–H groups in total. The molecule has 2 aliphatic carbocycles. The summed E-state index contributed by atoms with van der Waals surface area (Å²) in [5, 5.41) is 0. The quantitative estimate of drug-likeness (QED) is 0.186. The van der Waals surface area contributed by atoms with Gasteiger partial charge in [-0.3, -0.25) is 4.79 Å². The maximum atomic E-state index is 13.7. The van der Waals surface area contributed by atoms with Crippen molar-refractivity contribution in [3.8, 4) is 0 Å². The third-order valence-corrected chi connectivity index (χ3v) is 9.37. The lowest BCUT2D eigenvalue weighted by molar-refractivity contribution is -0.137. The van der Waals surface area contributed by atoms with Gasteiger partial charge in [-0.05, 0) is 116 Å². The fraction of sp³-hybridized carbons (Fsp3) is 0.618. The minimum absolute atomic E-state index is 0.169. The number of rotatable bonds is 13. The molecule has 1 amide bonds. The molecule has 0 aliphatic heterocycles. The predicted octanol–water partition coefficient (Wildman–Crippen LogP) is 9.99. The van der Waals surface area contributed by atoms with Crippen LogP contribution < -0.4 is 5.73 Å². The zero-order valence-electron chi connectivity index (χ0n) is 24.7. The van der Waals surface area contributed by atoms with Crippen molar-refractivity contribution in [3.63, 3.8) is 0 Å². The Morgan fingerprint density at radius 2 is 1.68 bits per heavy atom. The van der Waals surface area contributed by atoms with Gasteiger partial charge in [-0.2, -0.15) is 13.2 Å². The highest BCUT2D eigenvalue weighted by Gasteiger charge is 2.68. The van der Waals surface area contributed by atoms with Crippen molar-refractivity contribution in [1.29, 1.82) is 0 Å². The molecule has 5 unspecified atom stereocenters. The first-order valence-corrected chi connectivity index (χ1v) is 15.5. The zero-order chi connectivity index (χ0) is 30.2. The summed E-state index contributed by atoms with van der Waals surface area (Å²) >= 11 is 0. The van der Waals surface area contributed by atoms with E-state index in [4.69, 9.17) is 5.73 Å². The van der Waals surface area contributed by atoms with Gasteiger partial charge >= 0.3 is 6.18 Å². The summed E-state index contributed by atoms with van der Waals surface area (Å²) in [6.45, 7) is 6.17. The number of benzene rings is 2. The van der Waals surface area contributed by atoms with E-state index in [1.807, 2.05) is 26.0 Å². The van der Waals surface area contributed by atoms with E-state index in [2.05, 4.69) is 6.92 Å². The summed E-state index contributed by atoms with van der Waals surface area (Å²) in [6, 6.07) is 9.58. The largest absolute Gasteiger partial charge is 0.416 e. The van der Waals surface area contributed by atoms with Crippen LogP contribution in [0, 0.1) is 34.8 Å². The average molecular weight is 580 g/mol. The summed E-state index contributed by atoms with van der Waals surface area (Å²) < 4.78 is 66.2. The number of fused-ring (bicyclic) bond motifs is 1. The number of carbonyl (C=O) groups excluding carboxylic acids is 1. The number of aryl methyl sites for hydroxylation is 1. The first-order valence-electron chi connectivity index (χ1n) is 15.5. The van der Waals surface area contributed by atoms with Crippen molar-refractivity contribution in [2.24, 2.45) is 28.9 Å².